The SMILES string of the molecule is O=C(O)C(CNC(=O)C1CC1c1ccccc1)c1ccccc1. The minimum atomic E-state index is -0.924. The van der Waals surface area contributed by atoms with Gasteiger partial charge in [0.25, 0.3) is 0 Å². The van der Waals surface area contributed by atoms with E-state index in [1.807, 2.05) is 36.4 Å². The average Bonchev–Trinajstić information content (AvgIpc) is 3.37. The van der Waals surface area contributed by atoms with Crippen LogP contribution in [0.25, 0.3) is 0 Å². The number of carbonyl (C=O) groups excluding carboxylic acids is 1. The van der Waals surface area contributed by atoms with E-state index in [0.717, 1.165) is 6.42 Å². The molecule has 4 heteroatoms. The van der Waals surface area contributed by atoms with Gasteiger partial charge in [0.05, 0.1) is 5.92 Å². The van der Waals surface area contributed by atoms with Crippen molar-refractivity contribution in [2.24, 2.45) is 5.92 Å². The predicted molar refractivity (Wildman–Crippen MR) is 87.1 cm³/mol. The molecule has 118 valence electrons. The second kappa shape index (κ2) is 6.65. The Balaban J connectivity index is 1.57. The maximum absolute atomic E-state index is 12.2. The van der Waals surface area contributed by atoms with Gasteiger partial charge in [-0.25, -0.2) is 0 Å². The van der Waals surface area contributed by atoms with Gasteiger partial charge in [0.2, 0.25) is 5.91 Å². The van der Waals surface area contributed by atoms with E-state index in [-0.39, 0.29) is 24.3 Å². The van der Waals surface area contributed by atoms with Gasteiger partial charge < -0.3 is 10.4 Å². The molecule has 0 spiro atoms. The maximum atomic E-state index is 12.2. The fraction of sp³-hybridized carbons (Fsp3) is 0.263. The van der Waals surface area contributed by atoms with E-state index < -0.39 is 11.9 Å². The van der Waals surface area contributed by atoms with Crippen molar-refractivity contribution < 1.29 is 14.7 Å². The van der Waals surface area contributed by atoms with Crippen molar-refractivity contribution in [3.05, 3.63) is 71.8 Å². The number of hydrogen-bond acceptors (Lipinski definition) is 2. The minimum Gasteiger partial charge on any atom is -0.481 e. The molecule has 0 radical (unpaired) electrons. The second-order valence-electron chi connectivity index (χ2n) is 5.91. The molecule has 1 aliphatic rings. The summed E-state index contributed by atoms with van der Waals surface area (Å²) in [4.78, 5) is 23.7. The van der Waals surface area contributed by atoms with E-state index in [2.05, 4.69) is 5.32 Å². The van der Waals surface area contributed by atoms with Gasteiger partial charge in [0.15, 0.2) is 0 Å². The molecule has 1 fully saturated rings. The molecule has 1 aliphatic carbocycles. The summed E-state index contributed by atoms with van der Waals surface area (Å²) in [6, 6.07) is 19.0. The number of aliphatic carboxylic acids is 1. The first-order valence-corrected chi connectivity index (χ1v) is 7.77. The lowest BCUT2D eigenvalue weighted by molar-refractivity contribution is -0.138. The Bertz CT molecular complexity index is 684. The molecule has 3 atom stereocenters. The number of carboxylic acids is 1. The lowest BCUT2D eigenvalue weighted by atomic mass is 9.99. The predicted octanol–water partition coefficient (Wildman–Crippen LogP) is 2.77. The third-order valence-corrected chi connectivity index (χ3v) is 4.34. The molecule has 0 heterocycles. The largest absolute Gasteiger partial charge is 0.481 e. The monoisotopic (exact) mass is 309 g/mol. The van der Waals surface area contributed by atoms with Gasteiger partial charge in [-0.2, -0.15) is 0 Å². The van der Waals surface area contributed by atoms with Gasteiger partial charge in [-0.15, -0.1) is 0 Å². The van der Waals surface area contributed by atoms with Crippen LogP contribution in [0.4, 0.5) is 0 Å². The number of rotatable bonds is 6. The summed E-state index contributed by atoms with van der Waals surface area (Å²) in [6.45, 7) is 0.121. The van der Waals surface area contributed by atoms with E-state index in [1.54, 1.807) is 24.3 Å². The van der Waals surface area contributed by atoms with Crippen LogP contribution in [-0.2, 0) is 9.59 Å². The summed E-state index contributed by atoms with van der Waals surface area (Å²) in [5.74, 6) is -1.47. The van der Waals surface area contributed by atoms with Crippen LogP contribution in [0, 0.1) is 5.92 Å². The number of amides is 1. The van der Waals surface area contributed by atoms with Crippen LogP contribution in [0.5, 0.6) is 0 Å². The highest BCUT2D eigenvalue weighted by Gasteiger charge is 2.43. The summed E-state index contributed by atoms with van der Waals surface area (Å²) in [6.07, 6.45) is 0.832. The van der Waals surface area contributed by atoms with E-state index in [0.29, 0.717) is 5.56 Å². The first kappa shape index (κ1) is 15.3. The van der Waals surface area contributed by atoms with Crippen molar-refractivity contribution >= 4 is 11.9 Å². The van der Waals surface area contributed by atoms with Crippen molar-refractivity contribution in [3.63, 3.8) is 0 Å². The van der Waals surface area contributed by atoms with Crippen molar-refractivity contribution in [3.8, 4) is 0 Å². The Kier molecular flexibility index (Phi) is 4.42. The Hall–Kier alpha value is -2.62. The van der Waals surface area contributed by atoms with Crippen molar-refractivity contribution in [2.45, 2.75) is 18.3 Å². The molecule has 2 N–H and O–H groups in total. The van der Waals surface area contributed by atoms with E-state index in [9.17, 15) is 14.7 Å². The van der Waals surface area contributed by atoms with Gasteiger partial charge >= 0.3 is 5.97 Å². The van der Waals surface area contributed by atoms with E-state index in [1.165, 1.54) is 5.56 Å². The normalized spacial score (nSPS) is 20.5. The van der Waals surface area contributed by atoms with Crippen LogP contribution in [0.15, 0.2) is 60.7 Å². The molecule has 3 unspecified atom stereocenters. The van der Waals surface area contributed by atoms with Crippen LogP contribution in [0.3, 0.4) is 0 Å². The number of nitrogens with one attached hydrogen (secondary N) is 1. The Morgan fingerprint density at radius 1 is 1.04 bits per heavy atom. The minimum absolute atomic E-state index is 0.0392. The van der Waals surface area contributed by atoms with Crippen LogP contribution in [0.2, 0.25) is 0 Å². The number of benzene rings is 2. The highest BCUT2D eigenvalue weighted by Crippen LogP contribution is 2.47. The second-order valence-corrected chi connectivity index (χ2v) is 5.91. The van der Waals surface area contributed by atoms with Gasteiger partial charge in [-0.05, 0) is 23.5 Å². The van der Waals surface area contributed by atoms with Crippen LogP contribution >= 0.6 is 0 Å². The zero-order valence-corrected chi connectivity index (χ0v) is 12.7. The third-order valence-electron chi connectivity index (χ3n) is 4.34. The highest BCUT2D eigenvalue weighted by molar-refractivity contribution is 5.84. The summed E-state index contributed by atoms with van der Waals surface area (Å²) in [7, 11) is 0. The van der Waals surface area contributed by atoms with E-state index >= 15 is 0 Å². The lowest BCUT2D eigenvalue weighted by Crippen LogP contribution is -2.32. The third kappa shape index (κ3) is 3.59. The van der Waals surface area contributed by atoms with E-state index in [4.69, 9.17) is 0 Å². The van der Waals surface area contributed by atoms with Crippen LogP contribution < -0.4 is 5.32 Å². The fourth-order valence-electron chi connectivity index (χ4n) is 2.92. The standard InChI is InChI=1S/C19H19NO3/c21-18(16-11-15(16)13-7-3-1-4-8-13)20-12-17(19(22)23)14-9-5-2-6-10-14/h1-10,15-17H,11-12H2,(H,20,21)(H,22,23). The molecule has 1 amide bonds. The van der Waals surface area contributed by atoms with Crippen molar-refractivity contribution in [2.75, 3.05) is 6.54 Å². The van der Waals surface area contributed by atoms with Gasteiger partial charge in [0, 0.05) is 12.5 Å². The molecule has 3 rings (SSSR count). The first-order valence-electron chi connectivity index (χ1n) is 7.77. The van der Waals surface area contributed by atoms with Gasteiger partial charge in [0.1, 0.15) is 0 Å². The molecular formula is C19H19NO3. The summed E-state index contributed by atoms with van der Waals surface area (Å²) in [5, 5.41) is 12.2. The molecule has 2 aromatic rings. The van der Waals surface area contributed by atoms with Gasteiger partial charge in [-0.1, -0.05) is 60.7 Å². The molecule has 0 aliphatic heterocycles. The molecule has 23 heavy (non-hydrogen) atoms. The molecule has 4 nitrogen and oxygen atoms in total. The molecule has 0 bridgehead atoms. The van der Waals surface area contributed by atoms with Gasteiger partial charge in [-0.3, -0.25) is 9.59 Å². The number of carboxylic acid groups (broad SMARTS) is 1. The lowest BCUT2D eigenvalue weighted by Gasteiger charge is -2.14. The first-order chi connectivity index (χ1) is 11.2. The topological polar surface area (TPSA) is 66.4 Å². The van der Waals surface area contributed by atoms with Crippen LogP contribution in [0.1, 0.15) is 29.4 Å². The Morgan fingerprint density at radius 2 is 1.65 bits per heavy atom. The number of carbonyl (C=O) groups is 2. The zero-order chi connectivity index (χ0) is 16.2. The quantitative estimate of drug-likeness (QED) is 0.862. The van der Waals surface area contributed by atoms with Crippen LogP contribution in [-0.4, -0.2) is 23.5 Å². The molecule has 2 aromatic carbocycles. The Labute approximate surface area is 135 Å². The van der Waals surface area contributed by atoms with Crippen molar-refractivity contribution in [1.82, 2.24) is 5.32 Å². The number of hydrogen-bond donors (Lipinski definition) is 2. The smallest absolute Gasteiger partial charge is 0.312 e. The molecule has 0 aromatic heterocycles. The highest BCUT2D eigenvalue weighted by atomic mass is 16.4. The molecule has 1 saturated carbocycles. The molecule has 0 saturated heterocycles. The molecular weight excluding hydrogens is 290 g/mol. The van der Waals surface area contributed by atoms with Crippen molar-refractivity contribution in [1.29, 1.82) is 0 Å². The Morgan fingerprint density at radius 3 is 2.26 bits per heavy atom. The maximum Gasteiger partial charge on any atom is 0.312 e. The zero-order valence-electron chi connectivity index (χ0n) is 12.7. The fourth-order valence-corrected chi connectivity index (χ4v) is 2.92. The summed E-state index contributed by atoms with van der Waals surface area (Å²) in [5.41, 5.74) is 1.88. The summed E-state index contributed by atoms with van der Waals surface area (Å²) >= 11 is 0. The average molecular weight is 309 g/mol. The summed E-state index contributed by atoms with van der Waals surface area (Å²) < 4.78 is 0.